The van der Waals surface area contributed by atoms with E-state index in [4.69, 9.17) is 4.74 Å². The van der Waals surface area contributed by atoms with E-state index in [1.54, 1.807) is 12.1 Å². The van der Waals surface area contributed by atoms with Crippen LogP contribution in [0.2, 0.25) is 0 Å². The van der Waals surface area contributed by atoms with Gasteiger partial charge in [-0.3, -0.25) is 4.79 Å². The summed E-state index contributed by atoms with van der Waals surface area (Å²) in [5.74, 6) is 0.479. The van der Waals surface area contributed by atoms with Crippen molar-refractivity contribution in [2.45, 2.75) is 38.6 Å². The van der Waals surface area contributed by atoms with E-state index in [2.05, 4.69) is 10.6 Å². The third-order valence-electron chi connectivity index (χ3n) is 4.29. The van der Waals surface area contributed by atoms with Crippen molar-refractivity contribution in [2.75, 3.05) is 20.2 Å². The van der Waals surface area contributed by atoms with E-state index >= 15 is 0 Å². The molecule has 1 aromatic carbocycles. The van der Waals surface area contributed by atoms with Crippen molar-refractivity contribution >= 4 is 18.3 Å². The van der Waals surface area contributed by atoms with Gasteiger partial charge in [-0.2, -0.15) is 0 Å². The fourth-order valence-electron chi connectivity index (χ4n) is 2.85. The molecule has 4 nitrogen and oxygen atoms in total. The van der Waals surface area contributed by atoms with E-state index in [0.29, 0.717) is 12.3 Å². The number of benzene rings is 1. The Kier molecular flexibility index (Phi) is 8.34. The van der Waals surface area contributed by atoms with E-state index in [-0.39, 0.29) is 30.1 Å². The predicted molar refractivity (Wildman–Crippen MR) is 91.6 cm³/mol. The number of nitrogens with one attached hydrogen (secondary N) is 2. The third-order valence-corrected chi connectivity index (χ3v) is 4.29. The summed E-state index contributed by atoms with van der Waals surface area (Å²) in [4.78, 5) is 12.0. The van der Waals surface area contributed by atoms with Gasteiger partial charge in [0.25, 0.3) is 0 Å². The Morgan fingerprint density at radius 3 is 2.74 bits per heavy atom. The van der Waals surface area contributed by atoms with Crippen LogP contribution in [0.4, 0.5) is 4.39 Å². The van der Waals surface area contributed by atoms with Crippen molar-refractivity contribution < 1.29 is 13.9 Å². The van der Waals surface area contributed by atoms with Gasteiger partial charge in [0.05, 0.1) is 13.2 Å². The molecule has 1 aliphatic heterocycles. The molecule has 6 heteroatoms. The van der Waals surface area contributed by atoms with Gasteiger partial charge in [0.15, 0.2) is 11.6 Å². The van der Waals surface area contributed by atoms with Crippen LogP contribution in [-0.2, 0) is 4.79 Å². The molecule has 0 aliphatic carbocycles. The van der Waals surface area contributed by atoms with Crippen LogP contribution in [-0.4, -0.2) is 26.1 Å². The average Bonchev–Trinajstić information content (AvgIpc) is 2.53. The van der Waals surface area contributed by atoms with Crippen molar-refractivity contribution in [2.24, 2.45) is 5.92 Å². The number of carbonyl (C=O) groups is 1. The standard InChI is InChI=1S/C17H25FN2O2.ClH/c1-12(14-4-5-16(22-2)15(18)11-14)20-17(21)6-3-13-7-9-19-10-8-13;/h4-5,11-13,19H,3,6-10H2,1-2H3,(H,20,21);1H. The van der Waals surface area contributed by atoms with E-state index in [1.165, 1.54) is 13.2 Å². The molecule has 1 amide bonds. The second kappa shape index (κ2) is 9.73. The summed E-state index contributed by atoms with van der Waals surface area (Å²) in [7, 11) is 1.43. The molecule has 130 valence electrons. The minimum Gasteiger partial charge on any atom is -0.494 e. The highest BCUT2D eigenvalue weighted by molar-refractivity contribution is 5.85. The lowest BCUT2D eigenvalue weighted by molar-refractivity contribution is -0.122. The summed E-state index contributed by atoms with van der Waals surface area (Å²) < 4.78 is 18.6. The Balaban J connectivity index is 0.00000264. The molecule has 0 saturated carbocycles. The smallest absolute Gasteiger partial charge is 0.220 e. The van der Waals surface area contributed by atoms with Crippen LogP contribution in [0.15, 0.2) is 18.2 Å². The topological polar surface area (TPSA) is 50.4 Å². The summed E-state index contributed by atoms with van der Waals surface area (Å²) in [6.45, 7) is 3.96. The summed E-state index contributed by atoms with van der Waals surface area (Å²) in [5.41, 5.74) is 0.744. The number of rotatable bonds is 6. The van der Waals surface area contributed by atoms with Crippen molar-refractivity contribution in [3.8, 4) is 5.75 Å². The van der Waals surface area contributed by atoms with Crippen LogP contribution < -0.4 is 15.4 Å². The van der Waals surface area contributed by atoms with Crippen molar-refractivity contribution in [1.29, 1.82) is 0 Å². The average molecular weight is 345 g/mol. The van der Waals surface area contributed by atoms with Crippen LogP contribution in [0.25, 0.3) is 0 Å². The monoisotopic (exact) mass is 344 g/mol. The maximum Gasteiger partial charge on any atom is 0.220 e. The number of piperidine rings is 1. The number of ether oxygens (including phenoxy) is 1. The second-order valence-corrected chi connectivity index (χ2v) is 5.92. The first-order valence-corrected chi connectivity index (χ1v) is 7.93. The molecular weight excluding hydrogens is 319 g/mol. The van der Waals surface area contributed by atoms with Crippen molar-refractivity contribution in [3.05, 3.63) is 29.6 Å². The molecule has 23 heavy (non-hydrogen) atoms. The number of halogens is 2. The van der Waals surface area contributed by atoms with E-state index in [0.717, 1.165) is 37.9 Å². The van der Waals surface area contributed by atoms with Crippen LogP contribution in [0, 0.1) is 11.7 Å². The van der Waals surface area contributed by atoms with Crippen LogP contribution in [0.5, 0.6) is 5.75 Å². The fraction of sp³-hybridized carbons (Fsp3) is 0.588. The molecular formula is C17H26ClFN2O2. The zero-order valence-corrected chi connectivity index (χ0v) is 14.5. The molecule has 2 rings (SSSR count). The molecule has 0 radical (unpaired) electrons. The Morgan fingerprint density at radius 2 is 2.13 bits per heavy atom. The number of hydrogen-bond donors (Lipinski definition) is 2. The first-order valence-electron chi connectivity index (χ1n) is 7.93. The summed E-state index contributed by atoms with van der Waals surface area (Å²) in [6.07, 6.45) is 3.75. The SMILES string of the molecule is COc1ccc(C(C)NC(=O)CCC2CCNCC2)cc1F.Cl. The molecule has 2 N–H and O–H groups in total. The number of hydrogen-bond acceptors (Lipinski definition) is 3. The summed E-state index contributed by atoms with van der Waals surface area (Å²) in [5, 5.41) is 6.26. The zero-order valence-electron chi connectivity index (χ0n) is 13.7. The minimum absolute atomic E-state index is 0. The summed E-state index contributed by atoms with van der Waals surface area (Å²) >= 11 is 0. The van der Waals surface area contributed by atoms with Gasteiger partial charge in [0, 0.05) is 6.42 Å². The van der Waals surface area contributed by atoms with Gasteiger partial charge >= 0.3 is 0 Å². The fourth-order valence-corrected chi connectivity index (χ4v) is 2.85. The van der Waals surface area contributed by atoms with Gasteiger partial charge in [0.2, 0.25) is 5.91 Å². The van der Waals surface area contributed by atoms with Gasteiger partial charge in [-0.15, -0.1) is 12.4 Å². The van der Waals surface area contributed by atoms with Crippen LogP contribution >= 0.6 is 12.4 Å². The molecule has 1 fully saturated rings. The van der Waals surface area contributed by atoms with Crippen molar-refractivity contribution in [3.63, 3.8) is 0 Å². The molecule has 0 spiro atoms. The van der Waals surface area contributed by atoms with E-state index in [1.807, 2.05) is 6.92 Å². The Bertz CT molecular complexity index is 507. The normalized spacial score (nSPS) is 16.3. The highest BCUT2D eigenvalue weighted by Gasteiger charge is 2.16. The first-order chi connectivity index (χ1) is 10.6. The molecule has 1 heterocycles. The first kappa shape index (κ1) is 19.7. The maximum atomic E-state index is 13.7. The van der Waals surface area contributed by atoms with Gasteiger partial charge in [0.1, 0.15) is 0 Å². The largest absolute Gasteiger partial charge is 0.494 e. The lowest BCUT2D eigenvalue weighted by atomic mass is 9.93. The number of carbonyl (C=O) groups excluding carboxylic acids is 1. The van der Waals surface area contributed by atoms with Crippen LogP contribution in [0.1, 0.15) is 44.2 Å². The quantitative estimate of drug-likeness (QED) is 0.833. The van der Waals surface area contributed by atoms with Gasteiger partial charge in [-0.05, 0) is 62.9 Å². The lowest BCUT2D eigenvalue weighted by Gasteiger charge is -2.22. The molecule has 1 unspecified atom stereocenters. The third kappa shape index (κ3) is 5.99. The number of methoxy groups -OCH3 is 1. The molecule has 1 aliphatic rings. The zero-order chi connectivity index (χ0) is 15.9. The van der Waals surface area contributed by atoms with E-state index < -0.39 is 5.82 Å². The molecule has 1 atom stereocenters. The predicted octanol–water partition coefficient (Wildman–Crippen LogP) is 3.21. The molecule has 1 saturated heterocycles. The Labute approximate surface area is 143 Å². The van der Waals surface area contributed by atoms with Gasteiger partial charge in [-0.25, -0.2) is 4.39 Å². The maximum absolute atomic E-state index is 13.7. The van der Waals surface area contributed by atoms with Crippen molar-refractivity contribution in [1.82, 2.24) is 10.6 Å². The highest BCUT2D eigenvalue weighted by Crippen LogP contribution is 2.22. The van der Waals surface area contributed by atoms with E-state index in [9.17, 15) is 9.18 Å². The summed E-state index contributed by atoms with van der Waals surface area (Å²) in [6, 6.07) is 4.57. The van der Waals surface area contributed by atoms with Gasteiger partial charge < -0.3 is 15.4 Å². The lowest BCUT2D eigenvalue weighted by Crippen LogP contribution is -2.30. The highest BCUT2D eigenvalue weighted by atomic mass is 35.5. The molecule has 1 aromatic rings. The minimum atomic E-state index is -0.407. The molecule has 0 aromatic heterocycles. The second-order valence-electron chi connectivity index (χ2n) is 5.92. The number of amides is 1. The van der Waals surface area contributed by atoms with Crippen LogP contribution in [0.3, 0.4) is 0 Å². The molecule has 0 bridgehead atoms. The Morgan fingerprint density at radius 1 is 1.43 bits per heavy atom. The Hall–Kier alpha value is -1.33. The van der Waals surface area contributed by atoms with Gasteiger partial charge in [-0.1, -0.05) is 6.07 Å².